The second-order valence-corrected chi connectivity index (χ2v) is 8.70. The number of amides is 1. The van der Waals surface area contributed by atoms with Crippen LogP contribution in [0.5, 0.6) is 0 Å². The molecule has 0 heterocycles. The molecule has 7 heteroatoms. The molecule has 0 saturated carbocycles. The molecule has 1 amide bonds. The summed E-state index contributed by atoms with van der Waals surface area (Å²) < 4.78 is 25.4. The number of rotatable bonds is 6. The Kier molecular flexibility index (Phi) is 5.93. The van der Waals surface area contributed by atoms with Gasteiger partial charge in [-0.05, 0) is 54.6 Å². The average molecular weight is 445 g/mol. The minimum Gasteiger partial charge on any atom is -0.371 e. The minimum atomic E-state index is -3.42. The highest BCUT2D eigenvalue weighted by Crippen LogP contribution is 2.18. The van der Waals surface area contributed by atoms with E-state index >= 15 is 0 Å². The van der Waals surface area contributed by atoms with Crippen molar-refractivity contribution in [3.63, 3.8) is 0 Å². The highest BCUT2D eigenvalue weighted by Gasteiger charge is 2.13. The molecule has 2 N–H and O–H groups in total. The zero-order chi connectivity index (χ0) is 19.3. The molecule has 0 bridgehead atoms. The van der Waals surface area contributed by atoms with Gasteiger partial charge in [-0.15, -0.1) is 0 Å². The highest BCUT2D eigenvalue weighted by molar-refractivity contribution is 9.10. The van der Waals surface area contributed by atoms with E-state index in [0.29, 0.717) is 16.9 Å². The first-order chi connectivity index (χ1) is 12.9. The van der Waals surface area contributed by atoms with Crippen LogP contribution in [0.15, 0.2) is 88.2 Å². The van der Waals surface area contributed by atoms with Crippen LogP contribution in [0.2, 0.25) is 0 Å². The summed E-state index contributed by atoms with van der Waals surface area (Å²) in [6.07, 6.45) is 0. The Morgan fingerprint density at radius 2 is 1.56 bits per heavy atom. The summed E-state index contributed by atoms with van der Waals surface area (Å²) in [5.41, 5.74) is 1.78. The van der Waals surface area contributed by atoms with Gasteiger partial charge in [0.05, 0.1) is 4.90 Å². The quantitative estimate of drug-likeness (QED) is 0.584. The minimum absolute atomic E-state index is 0.222. The first-order valence-corrected chi connectivity index (χ1v) is 10.6. The Hall–Kier alpha value is -2.64. The Balaban J connectivity index is 1.62. The van der Waals surface area contributed by atoms with Crippen LogP contribution in [0.3, 0.4) is 0 Å². The zero-order valence-corrected chi connectivity index (χ0v) is 16.6. The third-order valence-electron chi connectivity index (χ3n) is 3.80. The number of hydrogen-bond acceptors (Lipinski definition) is 4. The standard InChI is InChI=1S/C20H17BrN2O3S/c21-16-5-4-6-18(13-16)23-20(24)15-9-11-17(12-10-15)22-14-27(25,26)19-7-2-1-3-8-19/h1-13,22H,14H2,(H,23,24). The number of benzene rings is 3. The van der Waals surface area contributed by atoms with E-state index in [9.17, 15) is 13.2 Å². The number of sulfone groups is 1. The van der Waals surface area contributed by atoms with Crippen molar-refractivity contribution in [2.75, 3.05) is 16.5 Å². The maximum Gasteiger partial charge on any atom is 0.255 e. The van der Waals surface area contributed by atoms with Crippen LogP contribution in [0.1, 0.15) is 10.4 Å². The summed E-state index contributed by atoms with van der Waals surface area (Å²) in [6, 6.07) is 22.2. The third-order valence-corrected chi connectivity index (χ3v) is 5.81. The van der Waals surface area contributed by atoms with Crippen LogP contribution in [0, 0.1) is 0 Å². The fourth-order valence-corrected chi connectivity index (χ4v) is 3.89. The maximum atomic E-state index is 12.3. The lowest BCUT2D eigenvalue weighted by Gasteiger charge is -2.09. The molecule has 0 aliphatic heterocycles. The third kappa shape index (κ3) is 5.18. The zero-order valence-electron chi connectivity index (χ0n) is 14.2. The molecule has 0 aromatic heterocycles. The number of anilines is 2. The van der Waals surface area contributed by atoms with Crippen LogP contribution in [0.25, 0.3) is 0 Å². The highest BCUT2D eigenvalue weighted by atomic mass is 79.9. The summed E-state index contributed by atoms with van der Waals surface area (Å²) in [7, 11) is -3.42. The molecule has 3 aromatic rings. The lowest BCUT2D eigenvalue weighted by atomic mass is 10.2. The summed E-state index contributed by atoms with van der Waals surface area (Å²) in [5.74, 6) is -0.461. The largest absolute Gasteiger partial charge is 0.371 e. The lowest BCUT2D eigenvalue weighted by molar-refractivity contribution is 0.102. The molecule has 3 rings (SSSR count). The fourth-order valence-electron chi connectivity index (χ4n) is 2.40. The predicted octanol–water partition coefficient (Wildman–Crippen LogP) is 4.54. The van der Waals surface area contributed by atoms with Crippen molar-refractivity contribution < 1.29 is 13.2 Å². The van der Waals surface area contributed by atoms with Crippen molar-refractivity contribution in [3.05, 3.63) is 88.9 Å². The Bertz CT molecular complexity index is 1040. The van der Waals surface area contributed by atoms with Crippen molar-refractivity contribution >= 4 is 43.0 Å². The molecule has 0 fully saturated rings. The van der Waals surface area contributed by atoms with Crippen LogP contribution < -0.4 is 10.6 Å². The second-order valence-electron chi connectivity index (χ2n) is 5.79. The van der Waals surface area contributed by atoms with Crippen LogP contribution in [-0.4, -0.2) is 20.2 Å². The lowest BCUT2D eigenvalue weighted by Crippen LogP contribution is -2.15. The molecule has 138 valence electrons. The number of carbonyl (C=O) groups excluding carboxylic acids is 1. The summed E-state index contributed by atoms with van der Waals surface area (Å²) >= 11 is 3.36. The summed E-state index contributed by atoms with van der Waals surface area (Å²) in [5, 5.41) is 5.69. The molecule has 0 spiro atoms. The molecule has 5 nitrogen and oxygen atoms in total. The average Bonchev–Trinajstić information content (AvgIpc) is 2.67. The van der Waals surface area contributed by atoms with Gasteiger partial charge in [0, 0.05) is 21.4 Å². The van der Waals surface area contributed by atoms with E-state index in [0.717, 1.165) is 4.47 Å². The molecule has 0 unspecified atom stereocenters. The molecular weight excluding hydrogens is 428 g/mol. The summed E-state index contributed by atoms with van der Waals surface area (Å²) in [6.45, 7) is 0. The van der Waals surface area contributed by atoms with E-state index in [2.05, 4.69) is 26.6 Å². The van der Waals surface area contributed by atoms with Crippen molar-refractivity contribution in [1.29, 1.82) is 0 Å². The van der Waals surface area contributed by atoms with E-state index in [-0.39, 0.29) is 16.7 Å². The Labute approximate surface area is 166 Å². The molecule has 3 aromatic carbocycles. The number of halogens is 1. The van der Waals surface area contributed by atoms with Gasteiger partial charge in [0.25, 0.3) is 5.91 Å². The molecule has 0 atom stereocenters. The SMILES string of the molecule is O=C(Nc1cccc(Br)c1)c1ccc(NCS(=O)(=O)c2ccccc2)cc1. The van der Waals surface area contributed by atoms with E-state index in [1.807, 2.05) is 18.2 Å². The van der Waals surface area contributed by atoms with Gasteiger partial charge in [-0.1, -0.05) is 40.2 Å². The molecule has 0 aliphatic rings. The van der Waals surface area contributed by atoms with Gasteiger partial charge in [0.15, 0.2) is 9.84 Å². The van der Waals surface area contributed by atoms with E-state index in [4.69, 9.17) is 0 Å². The number of hydrogen-bond donors (Lipinski definition) is 2. The van der Waals surface area contributed by atoms with Crippen molar-refractivity contribution in [2.45, 2.75) is 4.90 Å². The maximum absolute atomic E-state index is 12.3. The van der Waals surface area contributed by atoms with E-state index < -0.39 is 9.84 Å². The number of nitrogens with one attached hydrogen (secondary N) is 2. The fraction of sp³-hybridized carbons (Fsp3) is 0.0500. The normalized spacial score (nSPS) is 11.0. The van der Waals surface area contributed by atoms with Crippen LogP contribution >= 0.6 is 15.9 Å². The van der Waals surface area contributed by atoms with Gasteiger partial charge in [0.2, 0.25) is 0 Å². The molecule has 27 heavy (non-hydrogen) atoms. The van der Waals surface area contributed by atoms with Gasteiger partial charge < -0.3 is 10.6 Å². The first-order valence-electron chi connectivity index (χ1n) is 8.13. The van der Waals surface area contributed by atoms with E-state index in [1.54, 1.807) is 60.7 Å². The topological polar surface area (TPSA) is 75.3 Å². The second kappa shape index (κ2) is 8.37. The van der Waals surface area contributed by atoms with Gasteiger partial charge in [-0.25, -0.2) is 8.42 Å². The molecule has 0 radical (unpaired) electrons. The monoisotopic (exact) mass is 444 g/mol. The predicted molar refractivity (Wildman–Crippen MR) is 111 cm³/mol. The van der Waals surface area contributed by atoms with Gasteiger partial charge in [0.1, 0.15) is 5.88 Å². The van der Waals surface area contributed by atoms with Crippen LogP contribution in [-0.2, 0) is 9.84 Å². The molecular formula is C20H17BrN2O3S. The van der Waals surface area contributed by atoms with Crippen molar-refractivity contribution in [2.24, 2.45) is 0 Å². The molecule has 0 saturated heterocycles. The van der Waals surface area contributed by atoms with Gasteiger partial charge in [-0.2, -0.15) is 0 Å². The van der Waals surface area contributed by atoms with Crippen molar-refractivity contribution in [3.8, 4) is 0 Å². The van der Waals surface area contributed by atoms with Crippen molar-refractivity contribution in [1.82, 2.24) is 0 Å². The Morgan fingerprint density at radius 3 is 2.22 bits per heavy atom. The summed E-state index contributed by atoms with van der Waals surface area (Å²) in [4.78, 5) is 12.6. The smallest absolute Gasteiger partial charge is 0.255 e. The Morgan fingerprint density at radius 1 is 0.852 bits per heavy atom. The van der Waals surface area contributed by atoms with E-state index in [1.165, 1.54) is 0 Å². The molecule has 0 aliphatic carbocycles. The van der Waals surface area contributed by atoms with Gasteiger partial charge >= 0.3 is 0 Å². The first kappa shape index (κ1) is 19.1. The number of carbonyl (C=O) groups is 1. The van der Waals surface area contributed by atoms with Gasteiger partial charge in [-0.3, -0.25) is 4.79 Å². The van der Waals surface area contributed by atoms with Crippen LogP contribution in [0.4, 0.5) is 11.4 Å².